The lowest BCUT2D eigenvalue weighted by molar-refractivity contribution is -0.155. The summed E-state index contributed by atoms with van der Waals surface area (Å²) in [6.45, 7) is 4.93. The van der Waals surface area contributed by atoms with Crippen LogP contribution in [0.15, 0.2) is 54.6 Å². The Morgan fingerprint density at radius 2 is 1.76 bits per heavy atom. The van der Waals surface area contributed by atoms with Gasteiger partial charge in [0.15, 0.2) is 0 Å². The molecule has 2 aromatic carbocycles. The molecule has 1 aliphatic heterocycles. The third-order valence-electron chi connectivity index (χ3n) is 6.51. The van der Waals surface area contributed by atoms with Gasteiger partial charge in [-0.1, -0.05) is 50.1 Å². The quantitative estimate of drug-likeness (QED) is 0.204. The number of anilines is 2. The van der Waals surface area contributed by atoms with Crippen molar-refractivity contribution in [1.82, 2.24) is 10.4 Å². The Balaban J connectivity index is 1.69. The average molecular weight is 511 g/mol. The van der Waals surface area contributed by atoms with Crippen LogP contribution >= 0.6 is 0 Å². The number of nitrogens with one attached hydrogen (secondary N) is 2. The summed E-state index contributed by atoms with van der Waals surface area (Å²) in [6, 6.07) is 16.7. The first-order chi connectivity index (χ1) is 18.0. The Labute approximate surface area is 218 Å². The van der Waals surface area contributed by atoms with Crippen LogP contribution in [0, 0.1) is 5.92 Å². The van der Waals surface area contributed by atoms with Crippen molar-refractivity contribution in [2.75, 3.05) is 43.1 Å². The SMILES string of the molecule is CCCC[C@H](CN(O)C=O)C(=O)N[C@@H](CCc1ccccc1)C(=O)Nc1ccc(N2CCOCC2)cc1. The summed E-state index contributed by atoms with van der Waals surface area (Å²) in [5.41, 5.74) is 2.78. The summed E-state index contributed by atoms with van der Waals surface area (Å²) in [6.07, 6.45) is 3.44. The molecular formula is C28H38N4O5. The van der Waals surface area contributed by atoms with Crippen molar-refractivity contribution in [1.29, 1.82) is 0 Å². The van der Waals surface area contributed by atoms with Crippen molar-refractivity contribution < 1.29 is 24.3 Å². The number of rotatable bonds is 14. The van der Waals surface area contributed by atoms with E-state index in [-0.39, 0.29) is 24.8 Å². The molecule has 200 valence electrons. The smallest absolute Gasteiger partial charge is 0.246 e. The zero-order valence-electron chi connectivity index (χ0n) is 21.5. The predicted molar refractivity (Wildman–Crippen MR) is 142 cm³/mol. The molecule has 1 heterocycles. The number of amides is 3. The van der Waals surface area contributed by atoms with Gasteiger partial charge in [-0.05, 0) is 49.1 Å². The van der Waals surface area contributed by atoms with Crippen molar-refractivity contribution in [3.8, 4) is 0 Å². The Morgan fingerprint density at radius 3 is 2.41 bits per heavy atom. The molecule has 1 aliphatic rings. The molecule has 1 saturated heterocycles. The maximum Gasteiger partial charge on any atom is 0.246 e. The minimum absolute atomic E-state index is 0.120. The Bertz CT molecular complexity index is 980. The van der Waals surface area contributed by atoms with Gasteiger partial charge in [-0.25, -0.2) is 5.06 Å². The molecule has 3 rings (SSSR count). The summed E-state index contributed by atoms with van der Waals surface area (Å²) in [7, 11) is 0. The van der Waals surface area contributed by atoms with Gasteiger partial charge in [-0.2, -0.15) is 0 Å². The number of hydrogen-bond acceptors (Lipinski definition) is 6. The fraction of sp³-hybridized carbons (Fsp3) is 0.464. The van der Waals surface area contributed by atoms with Gasteiger partial charge in [0.25, 0.3) is 0 Å². The third-order valence-corrected chi connectivity index (χ3v) is 6.51. The monoisotopic (exact) mass is 510 g/mol. The fourth-order valence-corrected chi connectivity index (χ4v) is 4.35. The van der Waals surface area contributed by atoms with Crippen molar-refractivity contribution in [3.63, 3.8) is 0 Å². The van der Waals surface area contributed by atoms with Gasteiger partial charge in [0.2, 0.25) is 18.2 Å². The van der Waals surface area contributed by atoms with Crippen LogP contribution in [0.1, 0.15) is 38.2 Å². The second-order valence-corrected chi connectivity index (χ2v) is 9.29. The highest BCUT2D eigenvalue weighted by atomic mass is 16.5. The van der Waals surface area contributed by atoms with Crippen LogP contribution in [0.25, 0.3) is 0 Å². The van der Waals surface area contributed by atoms with Gasteiger partial charge >= 0.3 is 0 Å². The highest BCUT2D eigenvalue weighted by molar-refractivity contribution is 5.97. The van der Waals surface area contributed by atoms with E-state index in [1.54, 1.807) is 0 Å². The summed E-state index contributed by atoms with van der Waals surface area (Å²) in [5, 5.41) is 16.0. The molecule has 0 bridgehead atoms. The van der Waals surface area contributed by atoms with Gasteiger partial charge in [-0.15, -0.1) is 0 Å². The van der Waals surface area contributed by atoms with E-state index in [1.165, 1.54) is 0 Å². The molecule has 0 saturated carbocycles. The number of carbonyl (C=O) groups is 3. The normalized spacial score (nSPS) is 14.9. The molecule has 9 nitrogen and oxygen atoms in total. The second-order valence-electron chi connectivity index (χ2n) is 9.29. The Kier molecular flexibility index (Phi) is 11.4. The van der Waals surface area contributed by atoms with Gasteiger partial charge < -0.3 is 20.3 Å². The summed E-state index contributed by atoms with van der Waals surface area (Å²) in [4.78, 5) is 39.6. The molecule has 0 aromatic heterocycles. The number of ether oxygens (including phenoxy) is 1. The zero-order valence-corrected chi connectivity index (χ0v) is 21.5. The molecule has 3 amide bonds. The molecule has 2 atom stereocenters. The molecule has 0 spiro atoms. The molecule has 37 heavy (non-hydrogen) atoms. The lowest BCUT2D eigenvalue weighted by Gasteiger charge is -2.29. The highest BCUT2D eigenvalue weighted by Crippen LogP contribution is 2.20. The Morgan fingerprint density at radius 1 is 1.05 bits per heavy atom. The lowest BCUT2D eigenvalue weighted by atomic mass is 9.99. The van der Waals surface area contributed by atoms with Crippen molar-refractivity contribution >= 4 is 29.6 Å². The van der Waals surface area contributed by atoms with E-state index >= 15 is 0 Å². The summed E-state index contributed by atoms with van der Waals surface area (Å²) in [5.74, 6) is -1.28. The van der Waals surface area contributed by atoms with Crippen LogP contribution in [0.4, 0.5) is 11.4 Å². The van der Waals surface area contributed by atoms with Crippen LogP contribution in [0.3, 0.4) is 0 Å². The summed E-state index contributed by atoms with van der Waals surface area (Å²) < 4.78 is 5.41. The van der Waals surface area contributed by atoms with E-state index in [4.69, 9.17) is 4.74 Å². The molecule has 0 aliphatic carbocycles. The van der Waals surface area contributed by atoms with E-state index in [0.717, 1.165) is 37.2 Å². The maximum absolute atomic E-state index is 13.3. The van der Waals surface area contributed by atoms with E-state index in [1.807, 2.05) is 61.5 Å². The van der Waals surface area contributed by atoms with Crippen LogP contribution < -0.4 is 15.5 Å². The van der Waals surface area contributed by atoms with Gasteiger partial charge in [-0.3, -0.25) is 19.6 Å². The van der Waals surface area contributed by atoms with Crippen molar-refractivity contribution in [2.24, 2.45) is 5.92 Å². The number of carbonyl (C=O) groups excluding carboxylic acids is 3. The number of hydroxylamine groups is 2. The van der Waals surface area contributed by atoms with E-state index in [2.05, 4.69) is 15.5 Å². The third kappa shape index (κ3) is 9.18. The zero-order chi connectivity index (χ0) is 26.5. The van der Waals surface area contributed by atoms with Crippen LogP contribution in [-0.4, -0.2) is 67.4 Å². The van der Waals surface area contributed by atoms with Crippen LogP contribution in [-0.2, 0) is 25.5 Å². The van der Waals surface area contributed by atoms with Gasteiger partial charge in [0, 0.05) is 24.5 Å². The van der Waals surface area contributed by atoms with E-state index in [9.17, 15) is 19.6 Å². The Hall–Kier alpha value is -3.43. The molecule has 3 N–H and O–H groups in total. The number of morpholine rings is 1. The molecule has 2 aromatic rings. The topological polar surface area (TPSA) is 111 Å². The van der Waals surface area contributed by atoms with Gasteiger partial charge in [0.05, 0.1) is 25.7 Å². The first-order valence-electron chi connectivity index (χ1n) is 13.0. The van der Waals surface area contributed by atoms with Gasteiger partial charge in [0.1, 0.15) is 6.04 Å². The molecule has 0 unspecified atom stereocenters. The number of aryl methyl sites for hydroxylation is 1. The predicted octanol–water partition coefficient (Wildman–Crippen LogP) is 3.23. The first kappa shape index (κ1) is 28.1. The van der Waals surface area contributed by atoms with E-state index in [0.29, 0.717) is 43.2 Å². The number of unbranched alkanes of at least 4 members (excludes halogenated alkanes) is 1. The standard InChI is InChI=1S/C28H38N4O5/c1-2-3-9-23(20-32(36)21-33)27(34)30-26(15-10-22-7-5-4-6-8-22)28(35)29-24-11-13-25(14-12-24)31-16-18-37-19-17-31/h4-8,11-14,21,23,26,36H,2-3,9-10,15-20H2,1H3,(H,29,35)(H,30,34)/t23-,26+/m1/s1. The maximum atomic E-state index is 13.3. The fourth-order valence-electron chi connectivity index (χ4n) is 4.35. The van der Waals surface area contributed by atoms with Crippen LogP contribution in [0.2, 0.25) is 0 Å². The lowest BCUT2D eigenvalue weighted by Crippen LogP contribution is -2.48. The average Bonchev–Trinajstić information content (AvgIpc) is 2.94. The number of benzene rings is 2. The van der Waals surface area contributed by atoms with Crippen LogP contribution in [0.5, 0.6) is 0 Å². The minimum atomic E-state index is -0.779. The highest BCUT2D eigenvalue weighted by Gasteiger charge is 2.27. The second kappa shape index (κ2) is 15.0. The first-order valence-corrected chi connectivity index (χ1v) is 13.0. The molecule has 9 heteroatoms. The molecule has 1 fully saturated rings. The van der Waals surface area contributed by atoms with E-state index < -0.39 is 12.0 Å². The van der Waals surface area contributed by atoms with Crippen molar-refractivity contribution in [2.45, 2.75) is 45.1 Å². The molecule has 0 radical (unpaired) electrons. The number of nitrogens with zero attached hydrogens (tertiary/aromatic N) is 2. The summed E-state index contributed by atoms with van der Waals surface area (Å²) >= 11 is 0. The minimum Gasteiger partial charge on any atom is -0.378 e. The molecular weight excluding hydrogens is 472 g/mol. The van der Waals surface area contributed by atoms with Crippen molar-refractivity contribution in [3.05, 3.63) is 60.2 Å². The largest absolute Gasteiger partial charge is 0.378 e. The number of hydrogen-bond donors (Lipinski definition) is 3.